The molecule has 0 spiro atoms. The molecule has 22 heavy (non-hydrogen) atoms. The van der Waals surface area contributed by atoms with Gasteiger partial charge in [-0.1, -0.05) is 44.5 Å². The number of piperidine rings is 1. The molecule has 124 valence electrons. The summed E-state index contributed by atoms with van der Waals surface area (Å²) < 4.78 is 20.0. The van der Waals surface area contributed by atoms with Gasteiger partial charge in [0.1, 0.15) is 0 Å². The van der Waals surface area contributed by atoms with E-state index in [-0.39, 0.29) is 5.75 Å². The fourth-order valence-electron chi connectivity index (χ4n) is 3.55. The van der Waals surface area contributed by atoms with Gasteiger partial charge in [-0.3, -0.25) is 0 Å². The van der Waals surface area contributed by atoms with Crippen molar-refractivity contribution in [1.29, 1.82) is 0 Å². The van der Waals surface area contributed by atoms with E-state index in [1.165, 1.54) is 50.9 Å². The lowest BCUT2D eigenvalue weighted by Crippen LogP contribution is -2.36. The van der Waals surface area contributed by atoms with Crippen molar-refractivity contribution < 1.29 is 8.76 Å². The summed E-state index contributed by atoms with van der Waals surface area (Å²) in [5, 5.41) is 0. The maximum atomic E-state index is 11.0. The SMILES string of the molecule is CCCC(C)CN1CCC(c2cccc(CS(=O)O)c2)CC1. The topological polar surface area (TPSA) is 40.5 Å². The highest BCUT2D eigenvalue weighted by atomic mass is 32.2. The van der Waals surface area contributed by atoms with Crippen LogP contribution in [0.2, 0.25) is 0 Å². The van der Waals surface area contributed by atoms with Crippen molar-refractivity contribution in [3.8, 4) is 0 Å². The fraction of sp³-hybridized carbons (Fsp3) is 0.667. The van der Waals surface area contributed by atoms with Crippen molar-refractivity contribution in [2.75, 3.05) is 19.6 Å². The van der Waals surface area contributed by atoms with Crippen molar-refractivity contribution in [3.05, 3.63) is 35.4 Å². The number of nitrogens with zero attached hydrogens (tertiary/aromatic N) is 1. The quantitative estimate of drug-likeness (QED) is 0.770. The predicted molar refractivity (Wildman–Crippen MR) is 93.4 cm³/mol. The summed E-state index contributed by atoms with van der Waals surface area (Å²) in [6, 6.07) is 8.25. The van der Waals surface area contributed by atoms with Gasteiger partial charge in [0.05, 0.1) is 5.75 Å². The van der Waals surface area contributed by atoms with Crippen molar-refractivity contribution in [1.82, 2.24) is 4.90 Å². The van der Waals surface area contributed by atoms with Crippen LogP contribution in [0.4, 0.5) is 0 Å². The smallest absolute Gasteiger partial charge is 0.157 e. The molecular formula is C18H29NO2S. The Balaban J connectivity index is 1.87. The first kappa shape index (κ1) is 17.6. The average Bonchev–Trinajstić information content (AvgIpc) is 2.48. The highest BCUT2D eigenvalue weighted by molar-refractivity contribution is 7.78. The summed E-state index contributed by atoms with van der Waals surface area (Å²) >= 11 is -1.75. The molecule has 0 radical (unpaired) electrons. The van der Waals surface area contributed by atoms with Crippen LogP contribution in [0, 0.1) is 5.92 Å². The standard InChI is InChI=1S/C18H29NO2S/c1-3-5-15(2)13-19-10-8-17(9-11-19)18-7-4-6-16(12-18)14-22(20)21/h4,6-7,12,15,17H,3,5,8-11,13-14H2,1-2H3,(H,20,21). The average molecular weight is 324 g/mol. The van der Waals surface area contributed by atoms with Gasteiger partial charge in [-0.2, -0.15) is 0 Å². The number of rotatable bonds is 7. The molecule has 3 nitrogen and oxygen atoms in total. The third kappa shape index (κ3) is 5.49. The van der Waals surface area contributed by atoms with Crippen LogP contribution in [0.1, 0.15) is 56.6 Å². The molecule has 1 aliphatic heterocycles. The molecule has 0 amide bonds. The zero-order valence-electron chi connectivity index (χ0n) is 13.8. The monoisotopic (exact) mass is 323 g/mol. The minimum atomic E-state index is -1.75. The summed E-state index contributed by atoms with van der Waals surface area (Å²) in [6.07, 6.45) is 4.99. The molecular weight excluding hydrogens is 294 g/mol. The van der Waals surface area contributed by atoms with Crippen molar-refractivity contribution in [2.45, 2.75) is 51.2 Å². The third-order valence-electron chi connectivity index (χ3n) is 4.65. The van der Waals surface area contributed by atoms with Crippen LogP contribution >= 0.6 is 0 Å². The van der Waals surface area contributed by atoms with Gasteiger partial charge in [0.15, 0.2) is 11.1 Å². The van der Waals surface area contributed by atoms with Crippen LogP contribution in [0.25, 0.3) is 0 Å². The highest BCUT2D eigenvalue weighted by Crippen LogP contribution is 2.29. The molecule has 1 fully saturated rings. The number of likely N-dealkylation sites (tertiary alicyclic amines) is 1. The van der Waals surface area contributed by atoms with Gasteiger partial charge in [0, 0.05) is 6.54 Å². The second kappa shape index (κ2) is 8.80. The lowest BCUT2D eigenvalue weighted by Gasteiger charge is -2.34. The predicted octanol–water partition coefficient (Wildman–Crippen LogP) is 4.02. The third-order valence-corrected chi connectivity index (χ3v) is 5.23. The van der Waals surface area contributed by atoms with Crippen molar-refractivity contribution in [3.63, 3.8) is 0 Å². The number of hydrogen-bond donors (Lipinski definition) is 1. The van der Waals surface area contributed by atoms with E-state index < -0.39 is 11.1 Å². The van der Waals surface area contributed by atoms with Gasteiger partial charge in [-0.05, 0) is 55.3 Å². The molecule has 1 aliphatic rings. The minimum absolute atomic E-state index is 0.237. The Kier molecular flexibility index (Phi) is 7.06. The van der Waals surface area contributed by atoms with Crippen LogP contribution in [-0.4, -0.2) is 33.3 Å². The van der Waals surface area contributed by atoms with E-state index in [0.29, 0.717) is 5.92 Å². The lowest BCUT2D eigenvalue weighted by atomic mass is 9.88. The van der Waals surface area contributed by atoms with Gasteiger partial charge in [-0.15, -0.1) is 0 Å². The lowest BCUT2D eigenvalue weighted by molar-refractivity contribution is 0.183. The normalized spacial score (nSPS) is 20.0. The Morgan fingerprint density at radius 3 is 2.73 bits per heavy atom. The van der Waals surface area contributed by atoms with Crippen molar-refractivity contribution in [2.24, 2.45) is 5.92 Å². The fourth-order valence-corrected chi connectivity index (χ4v) is 4.02. The van der Waals surface area contributed by atoms with Crippen LogP contribution in [-0.2, 0) is 16.8 Å². The Bertz CT molecular complexity index is 484. The van der Waals surface area contributed by atoms with E-state index in [1.54, 1.807) is 0 Å². The Labute approximate surface area is 137 Å². The molecule has 0 bridgehead atoms. The molecule has 2 rings (SSSR count). The highest BCUT2D eigenvalue weighted by Gasteiger charge is 2.21. The van der Waals surface area contributed by atoms with Gasteiger partial charge in [0.2, 0.25) is 0 Å². The zero-order chi connectivity index (χ0) is 15.9. The molecule has 0 aliphatic carbocycles. The molecule has 1 aromatic carbocycles. The largest absolute Gasteiger partial charge is 0.306 e. The van der Waals surface area contributed by atoms with E-state index in [4.69, 9.17) is 4.55 Å². The zero-order valence-corrected chi connectivity index (χ0v) is 14.6. The molecule has 2 unspecified atom stereocenters. The molecule has 1 heterocycles. The first-order valence-electron chi connectivity index (χ1n) is 8.47. The Morgan fingerprint density at radius 1 is 1.36 bits per heavy atom. The maximum absolute atomic E-state index is 11.0. The molecule has 1 saturated heterocycles. The first-order valence-corrected chi connectivity index (χ1v) is 9.74. The second-order valence-corrected chi connectivity index (χ2v) is 7.61. The first-order chi connectivity index (χ1) is 10.6. The Hall–Kier alpha value is -0.710. The summed E-state index contributed by atoms with van der Waals surface area (Å²) in [7, 11) is 0. The van der Waals surface area contributed by atoms with Gasteiger partial charge in [0.25, 0.3) is 0 Å². The van der Waals surface area contributed by atoms with E-state index in [9.17, 15) is 4.21 Å². The summed E-state index contributed by atoms with van der Waals surface area (Å²) in [5.74, 6) is 1.63. The van der Waals surface area contributed by atoms with E-state index in [2.05, 4.69) is 30.9 Å². The van der Waals surface area contributed by atoms with Crippen LogP contribution < -0.4 is 0 Å². The molecule has 1 N–H and O–H groups in total. The number of benzene rings is 1. The molecule has 0 saturated carbocycles. The number of hydrogen-bond acceptors (Lipinski definition) is 2. The van der Waals surface area contributed by atoms with E-state index in [1.807, 2.05) is 12.1 Å². The van der Waals surface area contributed by atoms with Crippen molar-refractivity contribution >= 4 is 11.1 Å². The van der Waals surface area contributed by atoms with Gasteiger partial charge in [-0.25, -0.2) is 4.21 Å². The molecule has 1 aromatic rings. The second-order valence-electron chi connectivity index (χ2n) is 6.68. The van der Waals surface area contributed by atoms with Crippen LogP contribution in [0.5, 0.6) is 0 Å². The Morgan fingerprint density at radius 2 is 2.09 bits per heavy atom. The summed E-state index contributed by atoms with van der Waals surface area (Å²) in [6.45, 7) is 8.19. The van der Waals surface area contributed by atoms with E-state index >= 15 is 0 Å². The summed E-state index contributed by atoms with van der Waals surface area (Å²) in [4.78, 5) is 2.60. The van der Waals surface area contributed by atoms with Crippen LogP contribution in [0.15, 0.2) is 24.3 Å². The summed E-state index contributed by atoms with van der Waals surface area (Å²) in [5.41, 5.74) is 2.31. The molecule has 2 atom stereocenters. The van der Waals surface area contributed by atoms with Gasteiger partial charge < -0.3 is 9.45 Å². The minimum Gasteiger partial charge on any atom is -0.306 e. The molecule has 0 aromatic heterocycles. The van der Waals surface area contributed by atoms with Gasteiger partial charge >= 0.3 is 0 Å². The van der Waals surface area contributed by atoms with E-state index in [0.717, 1.165) is 11.5 Å². The maximum Gasteiger partial charge on any atom is 0.157 e. The van der Waals surface area contributed by atoms with Crippen LogP contribution in [0.3, 0.4) is 0 Å². The molecule has 4 heteroatoms.